The Kier molecular flexibility index (Phi) is 24.3. The molecular weight excluding hydrogens is 1190 g/mol. The summed E-state index contributed by atoms with van der Waals surface area (Å²) in [5.74, 6) is -4.90. The summed E-state index contributed by atoms with van der Waals surface area (Å²) >= 11 is 0. The Morgan fingerprint density at radius 3 is 1.24 bits per heavy atom. The largest absolute Gasteiger partial charge is 0.313 e. The fourth-order valence-electron chi connectivity index (χ4n) is 9.53. The van der Waals surface area contributed by atoms with Crippen LogP contribution in [0.3, 0.4) is 0 Å². The SMILES string of the molecule is CCC(=O)N(C)c1ccc(-c2ccc(C(=O)CCc3ccc(F)nc3C)cn2)cc1F.CCC(=O)N(C)c1ccc(-c2ccc(C(=O)CCc3ccc(F)nc3F)cn2)cc1F.CCC(=O)N(C)c1ccc(-c2ccc(C(=O)CCc3cccnc3C)nc2)cc1F. The maximum absolute atomic E-state index is 14.5. The van der Waals surface area contributed by atoms with Gasteiger partial charge in [-0.1, -0.05) is 57.2 Å². The van der Waals surface area contributed by atoms with Crippen molar-refractivity contribution in [1.29, 1.82) is 0 Å². The average molecular weight is 1260 g/mol. The number of hydrogen-bond acceptors (Lipinski definition) is 12. The molecule has 3 aromatic carbocycles. The molecule has 0 aliphatic heterocycles. The molecular formula is C71H67F6N9O6. The van der Waals surface area contributed by atoms with Crippen molar-refractivity contribution in [3.05, 3.63) is 232 Å². The van der Waals surface area contributed by atoms with E-state index in [0.717, 1.165) is 22.9 Å². The number of aromatic nitrogens is 6. The summed E-state index contributed by atoms with van der Waals surface area (Å²) in [6, 6.07) is 32.6. The van der Waals surface area contributed by atoms with E-state index in [4.69, 9.17) is 0 Å². The van der Waals surface area contributed by atoms with Gasteiger partial charge in [-0.15, -0.1) is 0 Å². The normalized spacial score (nSPS) is 10.7. The van der Waals surface area contributed by atoms with Crippen molar-refractivity contribution >= 4 is 52.1 Å². The number of pyridine rings is 6. The zero-order chi connectivity index (χ0) is 66.8. The van der Waals surface area contributed by atoms with Gasteiger partial charge in [0.05, 0.1) is 28.5 Å². The van der Waals surface area contributed by atoms with Gasteiger partial charge in [-0.05, 0) is 141 Å². The van der Waals surface area contributed by atoms with E-state index in [1.54, 1.807) is 114 Å². The van der Waals surface area contributed by atoms with E-state index in [1.165, 1.54) is 83.7 Å². The highest BCUT2D eigenvalue weighted by atomic mass is 19.2. The molecule has 0 saturated heterocycles. The predicted octanol–water partition coefficient (Wildman–Crippen LogP) is 14.4. The molecule has 0 aliphatic rings. The number of rotatable bonds is 21. The third-order valence-electron chi connectivity index (χ3n) is 15.1. The van der Waals surface area contributed by atoms with Gasteiger partial charge in [0, 0.05) is 129 Å². The standard InChI is InChI=1S/C24H23F2N3O2.C24H24FN3O2.C23H20F3N3O2/c1-4-24(31)29(3)21-10-6-17(13-19(21)25)20-9-5-18(14-27-20)22(30)11-7-16-8-12-23(26)28-15(16)2;1-4-24(30)28(3)22-11-8-18(14-20(22)25)19-7-10-21(27-15-19)23(29)12-9-17-6-5-13-26-16(17)2;1-3-22(31)29(2)19-9-5-15(12-17(19)24)18-8-4-16(13-27-18)20(30)10-6-14-7-11-21(25)28-23(14)26/h5-6,8-10,12-14H,4,7,11H2,1-3H3;5-8,10-11,13-15H,4,9,12H2,1-3H3;4-5,7-9,11-13H,3,6,10H2,1-2H3. The Labute approximate surface area is 529 Å². The van der Waals surface area contributed by atoms with Gasteiger partial charge in [0.25, 0.3) is 0 Å². The number of ketones is 3. The number of carbonyl (C=O) groups is 6. The first-order valence-corrected chi connectivity index (χ1v) is 29.5. The molecule has 6 heterocycles. The zero-order valence-electron chi connectivity index (χ0n) is 52.0. The monoisotopic (exact) mass is 1260 g/mol. The Hall–Kier alpha value is -10.4. The minimum atomic E-state index is -0.932. The molecule has 6 aromatic heterocycles. The first kappa shape index (κ1) is 69.0. The number of anilines is 3. The Bertz CT molecular complexity index is 3960. The van der Waals surface area contributed by atoms with Crippen molar-refractivity contribution < 1.29 is 55.1 Å². The van der Waals surface area contributed by atoms with Gasteiger partial charge in [-0.2, -0.15) is 18.2 Å². The number of amides is 3. The molecule has 0 aliphatic carbocycles. The van der Waals surface area contributed by atoms with Gasteiger partial charge >= 0.3 is 0 Å². The van der Waals surface area contributed by atoms with Crippen molar-refractivity contribution in [2.24, 2.45) is 0 Å². The Morgan fingerprint density at radius 2 is 0.826 bits per heavy atom. The summed E-state index contributed by atoms with van der Waals surface area (Å²) in [4.78, 5) is 100. The smallest absolute Gasteiger partial charge is 0.226 e. The maximum atomic E-state index is 14.5. The molecule has 0 radical (unpaired) electrons. The minimum absolute atomic E-state index is 0.00633. The number of aryl methyl sites for hydroxylation is 5. The number of hydrogen-bond donors (Lipinski definition) is 0. The van der Waals surface area contributed by atoms with E-state index in [-0.39, 0.29) is 89.8 Å². The second-order valence-electron chi connectivity index (χ2n) is 21.2. The van der Waals surface area contributed by atoms with Crippen LogP contribution in [0.4, 0.5) is 43.4 Å². The molecule has 21 heteroatoms. The Balaban J connectivity index is 0.000000196. The van der Waals surface area contributed by atoms with Crippen LogP contribution in [0.25, 0.3) is 33.6 Å². The minimum Gasteiger partial charge on any atom is -0.313 e. The van der Waals surface area contributed by atoms with E-state index < -0.39 is 35.3 Å². The van der Waals surface area contributed by atoms with E-state index in [2.05, 4.69) is 29.9 Å². The third kappa shape index (κ3) is 18.1. The summed E-state index contributed by atoms with van der Waals surface area (Å²) in [5.41, 5.74) is 8.62. The van der Waals surface area contributed by atoms with Crippen molar-refractivity contribution in [2.45, 2.75) is 92.4 Å². The van der Waals surface area contributed by atoms with Gasteiger partial charge in [-0.3, -0.25) is 48.7 Å². The van der Waals surface area contributed by atoms with Crippen LogP contribution in [0.1, 0.15) is 119 Å². The lowest BCUT2D eigenvalue weighted by molar-refractivity contribution is -0.118. The fraction of sp³-hybridized carbons (Fsp3) is 0.239. The van der Waals surface area contributed by atoms with Gasteiger partial charge in [-0.25, -0.2) is 18.2 Å². The van der Waals surface area contributed by atoms with Crippen molar-refractivity contribution in [2.75, 3.05) is 35.8 Å². The van der Waals surface area contributed by atoms with Gasteiger partial charge < -0.3 is 14.7 Å². The van der Waals surface area contributed by atoms with Crippen LogP contribution < -0.4 is 14.7 Å². The molecule has 0 bridgehead atoms. The average Bonchev–Trinajstić information content (AvgIpc) is 0.880. The highest BCUT2D eigenvalue weighted by Gasteiger charge is 2.20. The van der Waals surface area contributed by atoms with E-state index in [1.807, 2.05) is 19.1 Å². The van der Waals surface area contributed by atoms with Crippen molar-refractivity contribution in [3.63, 3.8) is 0 Å². The third-order valence-corrected chi connectivity index (χ3v) is 15.1. The molecule has 0 N–H and O–H groups in total. The number of halogens is 6. The molecule has 92 heavy (non-hydrogen) atoms. The molecule has 0 unspecified atom stereocenters. The second-order valence-corrected chi connectivity index (χ2v) is 21.2. The lowest BCUT2D eigenvalue weighted by Crippen LogP contribution is -2.25. The van der Waals surface area contributed by atoms with Gasteiger partial charge in [0.2, 0.25) is 35.6 Å². The topological polar surface area (TPSA) is 189 Å². The summed E-state index contributed by atoms with van der Waals surface area (Å²) in [5, 5.41) is 0. The van der Waals surface area contributed by atoms with Crippen LogP contribution in [-0.2, 0) is 33.6 Å². The number of Topliss-reactive ketones (excluding diaryl/α,β-unsaturated/α-hetero) is 3. The summed E-state index contributed by atoms with van der Waals surface area (Å²) < 4.78 is 83.0. The van der Waals surface area contributed by atoms with Gasteiger partial charge in [0.1, 0.15) is 23.1 Å². The predicted molar refractivity (Wildman–Crippen MR) is 340 cm³/mol. The van der Waals surface area contributed by atoms with Crippen molar-refractivity contribution in [1.82, 2.24) is 29.9 Å². The van der Waals surface area contributed by atoms with Crippen LogP contribution in [0.15, 0.2) is 152 Å². The highest BCUT2D eigenvalue weighted by molar-refractivity contribution is 5.98. The number of carbonyl (C=O) groups excluding carboxylic acids is 6. The molecule has 9 aromatic rings. The van der Waals surface area contributed by atoms with E-state index in [9.17, 15) is 55.1 Å². The first-order chi connectivity index (χ1) is 44.0. The summed E-state index contributed by atoms with van der Waals surface area (Å²) in [6.45, 7) is 8.78. The lowest BCUT2D eigenvalue weighted by Gasteiger charge is -2.17. The number of nitrogens with zero attached hydrogens (tertiary/aromatic N) is 9. The Morgan fingerprint density at radius 1 is 0.402 bits per heavy atom. The molecule has 0 saturated carbocycles. The molecule has 0 atom stereocenters. The molecule has 9 rings (SSSR count). The van der Waals surface area contributed by atoms with Gasteiger partial charge in [0.15, 0.2) is 17.3 Å². The van der Waals surface area contributed by atoms with Crippen LogP contribution >= 0.6 is 0 Å². The zero-order valence-corrected chi connectivity index (χ0v) is 52.0. The van der Waals surface area contributed by atoms with Crippen LogP contribution in [0, 0.1) is 49.1 Å². The van der Waals surface area contributed by atoms with Crippen LogP contribution in [0.2, 0.25) is 0 Å². The van der Waals surface area contributed by atoms with Crippen LogP contribution in [-0.4, -0.2) is 86.1 Å². The van der Waals surface area contributed by atoms with E-state index in [0.29, 0.717) is 81.8 Å². The van der Waals surface area contributed by atoms with Crippen LogP contribution in [0.5, 0.6) is 0 Å². The maximum Gasteiger partial charge on any atom is 0.226 e. The second kappa shape index (κ2) is 32.3. The first-order valence-electron chi connectivity index (χ1n) is 29.5. The lowest BCUT2D eigenvalue weighted by atomic mass is 10.0. The molecule has 15 nitrogen and oxygen atoms in total. The molecule has 0 spiro atoms. The van der Waals surface area contributed by atoms with Crippen molar-refractivity contribution in [3.8, 4) is 33.6 Å². The molecule has 3 amide bonds. The fourth-order valence-corrected chi connectivity index (χ4v) is 9.53. The summed E-state index contributed by atoms with van der Waals surface area (Å²) in [7, 11) is 4.60. The number of benzene rings is 3. The summed E-state index contributed by atoms with van der Waals surface area (Å²) in [6.07, 6.45) is 8.73. The quantitative estimate of drug-likeness (QED) is 0.0376. The van der Waals surface area contributed by atoms with E-state index >= 15 is 0 Å². The highest BCUT2D eigenvalue weighted by Crippen LogP contribution is 2.30. The molecule has 474 valence electrons. The molecule has 0 fully saturated rings.